The van der Waals surface area contributed by atoms with E-state index in [0.29, 0.717) is 13.1 Å². The van der Waals surface area contributed by atoms with Gasteiger partial charge in [-0.05, 0) is 24.6 Å². The third kappa shape index (κ3) is 3.05. The Morgan fingerprint density at radius 3 is 2.90 bits per heavy atom. The highest BCUT2D eigenvalue weighted by atomic mass is 16.5. The lowest BCUT2D eigenvalue weighted by Crippen LogP contribution is -2.31. The van der Waals surface area contributed by atoms with Gasteiger partial charge in [-0.15, -0.1) is 5.10 Å². The van der Waals surface area contributed by atoms with Gasteiger partial charge in [0.1, 0.15) is 5.75 Å². The molecule has 0 saturated heterocycles. The number of nitrogens with zero attached hydrogens (tertiary/aromatic N) is 3. The van der Waals surface area contributed by atoms with Crippen molar-refractivity contribution >= 4 is 11.9 Å². The van der Waals surface area contributed by atoms with Gasteiger partial charge in [-0.2, -0.15) is 4.98 Å². The molecule has 106 valence electrons. The summed E-state index contributed by atoms with van der Waals surface area (Å²) in [5.74, 6) is 0.729. The number of nitrogens with one attached hydrogen (secondary N) is 1. The number of carbonyl (C=O) groups excluding carboxylic acids is 1. The Labute approximate surface area is 116 Å². The van der Waals surface area contributed by atoms with Gasteiger partial charge < -0.3 is 15.4 Å². The van der Waals surface area contributed by atoms with E-state index in [0.717, 1.165) is 11.3 Å². The normalized spacial score (nSPS) is 10.3. The lowest BCUT2D eigenvalue weighted by Gasteiger charge is -2.19. The number of rotatable bonds is 5. The lowest BCUT2D eigenvalue weighted by atomic mass is 10.2. The molecule has 0 atom stereocenters. The lowest BCUT2D eigenvalue weighted by molar-refractivity contribution is 0.0740. The first-order valence-electron chi connectivity index (χ1n) is 6.24. The van der Waals surface area contributed by atoms with Crippen LogP contribution in [0.25, 0.3) is 0 Å². The number of nitrogens with two attached hydrogens (primary N) is 1. The van der Waals surface area contributed by atoms with E-state index < -0.39 is 0 Å². The standard InChI is InChI=1S/C13H17N5O2/c1-3-18(12(19)11-15-13(14)17-16-11)8-9-5-4-6-10(7-9)20-2/h4-7H,3,8H2,1-2H3,(H3,14,15,16,17). The third-order valence-corrected chi connectivity index (χ3v) is 2.88. The molecule has 2 rings (SSSR count). The summed E-state index contributed by atoms with van der Waals surface area (Å²) in [6, 6.07) is 7.58. The number of aromatic amines is 1. The van der Waals surface area contributed by atoms with E-state index in [1.165, 1.54) is 0 Å². The molecule has 1 heterocycles. The van der Waals surface area contributed by atoms with Crippen molar-refractivity contribution in [3.05, 3.63) is 35.7 Å². The Hall–Kier alpha value is -2.57. The van der Waals surface area contributed by atoms with Crippen molar-refractivity contribution in [1.82, 2.24) is 20.1 Å². The Bertz CT molecular complexity index is 596. The van der Waals surface area contributed by atoms with Crippen LogP contribution in [0.4, 0.5) is 5.95 Å². The average Bonchev–Trinajstić information content (AvgIpc) is 2.91. The summed E-state index contributed by atoms with van der Waals surface area (Å²) >= 11 is 0. The monoisotopic (exact) mass is 275 g/mol. The van der Waals surface area contributed by atoms with Crippen LogP contribution in [-0.4, -0.2) is 39.6 Å². The molecule has 3 N–H and O–H groups in total. The van der Waals surface area contributed by atoms with Crippen molar-refractivity contribution in [2.75, 3.05) is 19.4 Å². The number of hydrogen-bond acceptors (Lipinski definition) is 5. The molecule has 7 nitrogen and oxygen atoms in total. The number of carbonyl (C=O) groups is 1. The molecule has 0 spiro atoms. The largest absolute Gasteiger partial charge is 0.497 e. The second-order valence-electron chi connectivity index (χ2n) is 4.21. The first-order chi connectivity index (χ1) is 9.63. The van der Waals surface area contributed by atoms with Crippen LogP contribution in [-0.2, 0) is 6.54 Å². The number of hydrogen-bond donors (Lipinski definition) is 2. The zero-order chi connectivity index (χ0) is 14.5. The Kier molecular flexibility index (Phi) is 4.19. The van der Waals surface area contributed by atoms with Crippen molar-refractivity contribution in [2.24, 2.45) is 0 Å². The van der Waals surface area contributed by atoms with Gasteiger partial charge in [-0.1, -0.05) is 12.1 Å². The molecule has 2 aromatic rings. The molecule has 1 aromatic carbocycles. The fourth-order valence-corrected chi connectivity index (χ4v) is 1.84. The van der Waals surface area contributed by atoms with Crippen LogP contribution >= 0.6 is 0 Å². The Morgan fingerprint density at radius 1 is 1.50 bits per heavy atom. The van der Waals surface area contributed by atoms with E-state index >= 15 is 0 Å². The van der Waals surface area contributed by atoms with E-state index in [9.17, 15) is 4.79 Å². The molecule has 1 aromatic heterocycles. The number of H-pyrrole nitrogens is 1. The number of benzene rings is 1. The Morgan fingerprint density at radius 2 is 2.30 bits per heavy atom. The zero-order valence-electron chi connectivity index (χ0n) is 11.5. The third-order valence-electron chi connectivity index (χ3n) is 2.88. The van der Waals surface area contributed by atoms with Crippen LogP contribution in [0, 0.1) is 0 Å². The molecule has 7 heteroatoms. The first kappa shape index (κ1) is 13.9. The van der Waals surface area contributed by atoms with Crippen LogP contribution in [0.15, 0.2) is 24.3 Å². The summed E-state index contributed by atoms with van der Waals surface area (Å²) in [4.78, 5) is 17.8. The van der Waals surface area contributed by atoms with Crippen LogP contribution in [0.1, 0.15) is 23.1 Å². The van der Waals surface area contributed by atoms with Crippen LogP contribution in [0.3, 0.4) is 0 Å². The van der Waals surface area contributed by atoms with Crippen LogP contribution in [0.5, 0.6) is 5.75 Å². The van der Waals surface area contributed by atoms with Gasteiger partial charge in [0.25, 0.3) is 5.91 Å². The number of aromatic nitrogens is 3. The van der Waals surface area contributed by atoms with E-state index in [1.807, 2.05) is 31.2 Å². The molecule has 0 unspecified atom stereocenters. The predicted octanol–water partition coefficient (Wildman–Crippen LogP) is 1.06. The molecular formula is C13H17N5O2. The molecule has 0 aliphatic heterocycles. The predicted molar refractivity (Wildman–Crippen MR) is 74.2 cm³/mol. The number of ether oxygens (including phenoxy) is 1. The molecule has 0 aliphatic carbocycles. The van der Waals surface area contributed by atoms with E-state index in [4.69, 9.17) is 10.5 Å². The molecule has 0 bridgehead atoms. The minimum absolute atomic E-state index is 0.0609. The van der Waals surface area contributed by atoms with Gasteiger partial charge >= 0.3 is 0 Å². The van der Waals surface area contributed by atoms with Crippen molar-refractivity contribution < 1.29 is 9.53 Å². The fraction of sp³-hybridized carbons (Fsp3) is 0.308. The van der Waals surface area contributed by atoms with Gasteiger partial charge in [0.2, 0.25) is 11.8 Å². The van der Waals surface area contributed by atoms with Gasteiger partial charge in [-0.3, -0.25) is 9.89 Å². The summed E-state index contributed by atoms with van der Waals surface area (Å²) in [5.41, 5.74) is 6.39. The van der Waals surface area contributed by atoms with Gasteiger partial charge in [-0.25, -0.2) is 0 Å². The van der Waals surface area contributed by atoms with Crippen molar-refractivity contribution in [2.45, 2.75) is 13.5 Å². The maximum absolute atomic E-state index is 12.3. The second kappa shape index (κ2) is 6.05. The highest BCUT2D eigenvalue weighted by Crippen LogP contribution is 2.15. The SMILES string of the molecule is CCN(Cc1cccc(OC)c1)C(=O)c1nc(N)n[nH]1. The highest BCUT2D eigenvalue weighted by Gasteiger charge is 2.18. The van der Waals surface area contributed by atoms with Gasteiger partial charge in [0.15, 0.2) is 0 Å². The molecular weight excluding hydrogens is 258 g/mol. The smallest absolute Gasteiger partial charge is 0.291 e. The number of methoxy groups -OCH3 is 1. The topological polar surface area (TPSA) is 97.1 Å². The van der Waals surface area contributed by atoms with Crippen LogP contribution in [0.2, 0.25) is 0 Å². The number of amides is 1. The maximum Gasteiger partial charge on any atom is 0.291 e. The fourth-order valence-electron chi connectivity index (χ4n) is 1.84. The maximum atomic E-state index is 12.3. The summed E-state index contributed by atoms with van der Waals surface area (Å²) in [7, 11) is 1.61. The van der Waals surface area contributed by atoms with E-state index in [1.54, 1.807) is 12.0 Å². The average molecular weight is 275 g/mol. The molecule has 1 amide bonds. The van der Waals surface area contributed by atoms with E-state index in [-0.39, 0.29) is 17.7 Å². The number of anilines is 1. The van der Waals surface area contributed by atoms with Crippen molar-refractivity contribution in [3.63, 3.8) is 0 Å². The minimum Gasteiger partial charge on any atom is -0.497 e. The quantitative estimate of drug-likeness (QED) is 0.850. The van der Waals surface area contributed by atoms with Crippen molar-refractivity contribution in [1.29, 1.82) is 0 Å². The summed E-state index contributed by atoms with van der Waals surface area (Å²) in [6.45, 7) is 2.92. The van der Waals surface area contributed by atoms with E-state index in [2.05, 4.69) is 15.2 Å². The zero-order valence-corrected chi connectivity index (χ0v) is 11.5. The van der Waals surface area contributed by atoms with Crippen molar-refractivity contribution in [3.8, 4) is 5.75 Å². The highest BCUT2D eigenvalue weighted by molar-refractivity contribution is 5.90. The Balaban J connectivity index is 2.14. The van der Waals surface area contributed by atoms with Crippen LogP contribution < -0.4 is 10.5 Å². The molecule has 0 aliphatic rings. The molecule has 20 heavy (non-hydrogen) atoms. The minimum atomic E-state index is -0.237. The summed E-state index contributed by atoms with van der Waals surface area (Å²) in [6.07, 6.45) is 0. The van der Waals surface area contributed by atoms with Gasteiger partial charge in [0.05, 0.1) is 7.11 Å². The molecule has 0 radical (unpaired) electrons. The molecule has 0 saturated carbocycles. The summed E-state index contributed by atoms with van der Waals surface area (Å²) in [5, 5.41) is 6.19. The number of nitrogen functional groups attached to an aromatic ring is 1. The summed E-state index contributed by atoms with van der Waals surface area (Å²) < 4.78 is 5.17. The second-order valence-corrected chi connectivity index (χ2v) is 4.21. The first-order valence-corrected chi connectivity index (χ1v) is 6.24. The van der Waals surface area contributed by atoms with Gasteiger partial charge in [0, 0.05) is 13.1 Å². The molecule has 0 fully saturated rings.